The van der Waals surface area contributed by atoms with Gasteiger partial charge in [0.1, 0.15) is 19.8 Å². The predicted molar refractivity (Wildman–Crippen MR) is 271 cm³/mol. The van der Waals surface area contributed by atoms with Crippen molar-refractivity contribution in [2.24, 2.45) is 0 Å². The van der Waals surface area contributed by atoms with Crippen molar-refractivity contribution < 1.29 is 42.1 Å². The van der Waals surface area contributed by atoms with Crippen molar-refractivity contribution in [1.82, 2.24) is 0 Å². The Balaban J connectivity index is 4.21. The number of phosphoric acid groups is 1. The number of carbonyl (C=O) groups excluding carboxylic acids is 2. The molecular weight excluding hydrogens is 822 g/mol. The van der Waals surface area contributed by atoms with Crippen LogP contribution in [0, 0.1) is 0 Å². The molecule has 64 heavy (non-hydrogen) atoms. The van der Waals surface area contributed by atoms with Crippen LogP contribution in [0.25, 0.3) is 0 Å². The molecule has 2 atom stereocenters. The summed E-state index contributed by atoms with van der Waals surface area (Å²) < 4.78 is 34.5. The maximum absolute atomic E-state index is 12.8. The SMILES string of the molecule is CCCCCC/C=C/CCCCCCCCCCCC(=O)OC[C@H](COP(=O)(O)OCC[N+](C)(C)C)OC(=O)CCC/C=C/CCCCCCCCCCCCCCCCCCCC. The van der Waals surface area contributed by atoms with Gasteiger partial charge in [-0.15, -0.1) is 0 Å². The van der Waals surface area contributed by atoms with E-state index in [0.717, 1.165) is 32.1 Å². The first kappa shape index (κ1) is 62.5. The van der Waals surface area contributed by atoms with Gasteiger partial charge in [-0.05, 0) is 57.8 Å². The minimum absolute atomic E-state index is 0.0287. The van der Waals surface area contributed by atoms with Crippen LogP contribution in [-0.4, -0.2) is 74.9 Å². The van der Waals surface area contributed by atoms with Crippen molar-refractivity contribution in [1.29, 1.82) is 0 Å². The molecule has 0 saturated carbocycles. The number of nitrogens with zero attached hydrogens (tertiary/aromatic N) is 1. The number of ether oxygens (including phenoxy) is 2. The highest BCUT2D eigenvalue weighted by Crippen LogP contribution is 2.43. The van der Waals surface area contributed by atoms with Gasteiger partial charge in [0, 0.05) is 12.8 Å². The number of likely N-dealkylation sites (N-methyl/N-ethyl adjacent to an activating group) is 1. The van der Waals surface area contributed by atoms with Crippen molar-refractivity contribution in [2.75, 3.05) is 47.5 Å². The lowest BCUT2D eigenvalue weighted by Gasteiger charge is -2.24. The van der Waals surface area contributed by atoms with Crippen LogP contribution in [0.15, 0.2) is 24.3 Å². The van der Waals surface area contributed by atoms with Gasteiger partial charge < -0.3 is 18.9 Å². The Hall–Kier alpha value is -1.51. The molecule has 0 rings (SSSR count). The smallest absolute Gasteiger partial charge is 0.462 e. The molecule has 0 aromatic heterocycles. The number of esters is 2. The second kappa shape index (κ2) is 46.6. The van der Waals surface area contributed by atoms with Crippen molar-refractivity contribution in [3.05, 3.63) is 24.3 Å². The maximum atomic E-state index is 12.8. The second-order valence-corrected chi connectivity index (χ2v) is 21.1. The molecule has 378 valence electrons. The fourth-order valence-electron chi connectivity index (χ4n) is 7.72. The molecule has 1 N–H and O–H groups in total. The highest BCUT2D eigenvalue weighted by atomic mass is 31.2. The summed E-state index contributed by atoms with van der Waals surface area (Å²) in [6.45, 7) is 4.43. The molecule has 10 heteroatoms. The highest BCUT2D eigenvalue weighted by molar-refractivity contribution is 7.47. The topological polar surface area (TPSA) is 108 Å². The van der Waals surface area contributed by atoms with Crippen LogP contribution < -0.4 is 0 Å². The van der Waals surface area contributed by atoms with E-state index in [-0.39, 0.29) is 32.0 Å². The standard InChI is InChI=1S/C54H104NO8P/c1-6-8-10-12-14-16-18-20-22-24-25-26-27-28-29-31-33-35-37-39-41-43-45-47-54(57)63-52(51-62-64(58,59)61-49-48-55(3,4)5)50-60-53(56)46-44-42-40-38-36-34-32-30-23-21-19-17-15-13-11-9-7-2/h17,19,39,41,52H,6-16,18,20-38,40,42-51H2,1-5H3/p+1/b19-17+,41-39+/t52-/m1/s1. The fourth-order valence-corrected chi connectivity index (χ4v) is 8.46. The summed E-state index contributed by atoms with van der Waals surface area (Å²) in [4.78, 5) is 35.6. The molecule has 0 saturated heterocycles. The summed E-state index contributed by atoms with van der Waals surface area (Å²) in [5.41, 5.74) is 0. The number of hydrogen-bond acceptors (Lipinski definition) is 7. The number of hydrogen-bond donors (Lipinski definition) is 1. The Labute approximate surface area is 396 Å². The van der Waals surface area contributed by atoms with E-state index >= 15 is 0 Å². The van der Waals surface area contributed by atoms with Crippen LogP contribution >= 0.6 is 7.82 Å². The van der Waals surface area contributed by atoms with E-state index in [1.54, 1.807) is 0 Å². The molecule has 9 nitrogen and oxygen atoms in total. The second-order valence-electron chi connectivity index (χ2n) is 19.6. The molecule has 0 aliphatic heterocycles. The number of unbranched alkanes of at least 4 members (excludes halogenated alkanes) is 32. The average molecular weight is 927 g/mol. The number of phosphoric ester groups is 1. The van der Waals surface area contributed by atoms with Crippen LogP contribution in [0.3, 0.4) is 0 Å². The zero-order chi connectivity index (χ0) is 47.1. The number of rotatable bonds is 50. The van der Waals surface area contributed by atoms with Crippen molar-refractivity contribution in [2.45, 2.75) is 264 Å². The molecular formula is C54H105NO8P+. The molecule has 0 amide bonds. The van der Waals surface area contributed by atoms with Gasteiger partial charge in [0.2, 0.25) is 0 Å². The summed E-state index contributed by atoms with van der Waals surface area (Å²) in [6.07, 6.45) is 53.9. The summed E-state index contributed by atoms with van der Waals surface area (Å²) >= 11 is 0. The van der Waals surface area contributed by atoms with Crippen LogP contribution in [0.4, 0.5) is 0 Å². The quantitative estimate of drug-likeness (QED) is 0.0211. The van der Waals surface area contributed by atoms with Gasteiger partial charge in [-0.2, -0.15) is 0 Å². The van der Waals surface area contributed by atoms with E-state index in [2.05, 4.69) is 38.2 Å². The largest absolute Gasteiger partial charge is 0.472 e. The van der Waals surface area contributed by atoms with E-state index in [0.29, 0.717) is 17.4 Å². The lowest BCUT2D eigenvalue weighted by molar-refractivity contribution is -0.870. The van der Waals surface area contributed by atoms with Crippen LogP contribution in [0.1, 0.15) is 258 Å². The van der Waals surface area contributed by atoms with Gasteiger partial charge in [0.05, 0.1) is 27.7 Å². The lowest BCUT2D eigenvalue weighted by atomic mass is 10.0. The molecule has 0 aromatic carbocycles. The minimum atomic E-state index is -4.39. The number of quaternary nitrogens is 1. The van der Waals surface area contributed by atoms with E-state index in [1.807, 2.05) is 21.1 Å². The molecule has 0 aromatic rings. The number of allylic oxidation sites excluding steroid dienone is 4. The zero-order valence-corrected chi connectivity index (χ0v) is 43.7. The summed E-state index contributed by atoms with van der Waals surface area (Å²) in [7, 11) is 1.47. The molecule has 0 radical (unpaired) electrons. The summed E-state index contributed by atoms with van der Waals surface area (Å²) in [5.74, 6) is -0.826. The Morgan fingerprint density at radius 3 is 1.22 bits per heavy atom. The van der Waals surface area contributed by atoms with Crippen LogP contribution in [0.5, 0.6) is 0 Å². The van der Waals surface area contributed by atoms with Gasteiger partial charge in [-0.3, -0.25) is 18.6 Å². The van der Waals surface area contributed by atoms with Crippen molar-refractivity contribution in [3.8, 4) is 0 Å². The zero-order valence-electron chi connectivity index (χ0n) is 42.8. The van der Waals surface area contributed by atoms with Crippen molar-refractivity contribution in [3.63, 3.8) is 0 Å². The first-order chi connectivity index (χ1) is 31.0. The highest BCUT2D eigenvalue weighted by Gasteiger charge is 2.27. The third-order valence-electron chi connectivity index (χ3n) is 12.0. The van der Waals surface area contributed by atoms with E-state index < -0.39 is 26.5 Å². The minimum Gasteiger partial charge on any atom is -0.462 e. The number of carbonyl (C=O) groups is 2. The Bertz CT molecular complexity index is 1140. The van der Waals surface area contributed by atoms with E-state index in [4.69, 9.17) is 18.5 Å². The monoisotopic (exact) mass is 927 g/mol. The average Bonchev–Trinajstić information content (AvgIpc) is 3.25. The fraction of sp³-hybridized carbons (Fsp3) is 0.889. The first-order valence-electron chi connectivity index (χ1n) is 27.1. The predicted octanol–water partition coefficient (Wildman–Crippen LogP) is 16.3. The van der Waals surface area contributed by atoms with Gasteiger partial charge in [-0.25, -0.2) is 4.57 Å². The van der Waals surface area contributed by atoms with Crippen LogP contribution in [-0.2, 0) is 32.7 Å². The molecule has 1 unspecified atom stereocenters. The van der Waals surface area contributed by atoms with Crippen LogP contribution in [0.2, 0.25) is 0 Å². The van der Waals surface area contributed by atoms with E-state index in [9.17, 15) is 19.0 Å². The molecule has 0 heterocycles. The normalized spacial score (nSPS) is 13.5. The first-order valence-corrected chi connectivity index (χ1v) is 28.6. The lowest BCUT2D eigenvalue weighted by Crippen LogP contribution is -2.37. The molecule has 0 aliphatic carbocycles. The Kier molecular flexibility index (Phi) is 45.5. The maximum Gasteiger partial charge on any atom is 0.472 e. The molecule has 0 fully saturated rings. The van der Waals surface area contributed by atoms with Gasteiger partial charge >= 0.3 is 19.8 Å². The third-order valence-corrected chi connectivity index (χ3v) is 12.9. The summed E-state index contributed by atoms with van der Waals surface area (Å²) in [5, 5.41) is 0. The van der Waals surface area contributed by atoms with Gasteiger partial charge in [0.15, 0.2) is 6.10 Å². The van der Waals surface area contributed by atoms with Gasteiger partial charge in [0.25, 0.3) is 0 Å². The van der Waals surface area contributed by atoms with Gasteiger partial charge in [-0.1, -0.05) is 212 Å². The third kappa shape index (κ3) is 49.9. The molecule has 0 bridgehead atoms. The Morgan fingerprint density at radius 1 is 0.469 bits per heavy atom. The van der Waals surface area contributed by atoms with E-state index in [1.165, 1.54) is 193 Å². The Morgan fingerprint density at radius 2 is 0.812 bits per heavy atom. The van der Waals surface area contributed by atoms with Crippen molar-refractivity contribution >= 4 is 19.8 Å². The summed E-state index contributed by atoms with van der Waals surface area (Å²) in [6, 6.07) is 0. The molecule has 0 spiro atoms. The molecule has 0 aliphatic rings.